The first-order valence-corrected chi connectivity index (χ1v) is 12.3. The van der Waals surface area contributed by atoms with Crippen molar-refractivity contribution in [2.45, 2.75) is 44.4 Å². The highest BCUT2D eigenvalue weighted by molar-refractivity contribution is 5.91. The van der Waals surface area contributed by atoms with E-state index in [1.807, 2.05) is 31.0 Å². The van der Waals surface area contributed by atoms with Crippen LogP contribution in [0.1, 0.15) is 50.2 Å². The molecule has 1 unspecified atom stereocenters. The molecule has 3 heterocycles. The molecule has 2 aromatic rings. The maximum absolute atomic E-state index is 13.5. The Labute approximate surface area is 196 Å². The Bertz CT molecular complexity index is 993. The highest BCUT2D eigenvalue weighted by Crippen LogP contribution is 2.50. The minimum Gasteiger partial charge on any atom is -0.353 e. The summed E-state index contributed by atoms with van der Waals surface area (Å²) >= 11 is 0. The molecule has 1 atom stereocenters. The summed E-state index contributed by atoms with van der Waals surface area (Å²) in [6, 6.07) is 14.7. The Hall–Kier alpha value is -2.89. The predicted octanol–water partition coefficient (Wildman–Crippen LogP) is 3.43. The van der Waals surface area contributed by atoms with Crippen LogP contribution in [0.2, 0.25) is 0 Å². The number of carbonyl (C=O) groups excluding carboxylic acids is 2. The van der Waals surface area contributed by atoms with E-state index in [2.05, 4.69) is 46.2 Å². The number of hydrogen-bond donors (Lipinski definition) is 0. The van der Waals surface area contributed by atoms with Crippen LogP contribution >= 0.6 is 0 Å². The molecule has 33 heavy (non-hydrogen) atoms. The maximum Gasteiger partial charge on any atom is 0.233 e. The number of likely N-dealkylation sites (tertiary alicyclic amines) is 1. The maximum atomic E-state index is 13.5. The van der Waals surface area contributed by atoms with E-state index in [1.54, 1.807) is 0 Å². The van der Waals surface area contributed by atoms with Gasteiger partial charge in [0.1, 0.15) is 5.82 Å². The fraction of sp³-hybridized carbons (Fsp3) is 0.519. The zero-order valence-electron chi connectivity index (χ0n) is 19.7. The van der Waals surface area contributed by atoms with Crippen molar-refractivity contribution in [3.05, 3.63) is 59.8 Å². The van der Waals surface area contributed by atoms with Crippen molar-refractivity contribution in [1.29, 1.82) is 0 Å². The number of anilines is 1. The molecule has 3 fully saturated rings. The van der Waals surface area contributed by atoms with Gasteiger partial charge in [0, 0.05) is 57.3 Å². The van der Waals surface area contributed by atoms with Gasteiger partial charge in [-0.1, -0.05) is 50.2 Å². The predicted molar refractivity (Wildman–Crippen MR) is 129 cm³/mol. The normalized spacial score (nSPS) is 22.0. The minimum absolute atomic E-state index is 0.0415. The van der Waals surface area contributed by atoms with Gasteiger partial charge in [0.2, 0.25) is 11.8 Å². The molecule has 174 valence electrons. The Kier molecular flexibility index (Phi) is 5.85. The van der Waals surface area contributed by atoms with Crippen LogP contribution < -0.4 is 4.90 Å². The molecule has 0 bridgehead atoms. The summed E-state index contributed by atoms with van der Waals surface area (Å²) in [6.45, 7) is 8.62. The molecule has 0 radical (unpaired) electrons. The molecule has 3 aliphatic rings. The van der Waals surface area contributed by atoms with Crippen molar-refractivity contribution in [3.8, 4) is 0 Å². The van der Waals surface area contributed by atoms with Gasteiger partial charge in [0.05, 0.1) is 5.41 Å². The number of pyridine rings is 1. The molecule has 2 amide bonds. The number of hydrogen-bond acceptors (Lipinski definition) is 4. The van der Waals surface area contributed by atoms with Gasteiger partial charge in [-0.3, -0.25) is 9.59 Å². The topological polar surface area (TPSA) is 56.8 Å². The molecule has 0 spiro atoms. The van der Waals surface area contributed by atoms with Crippen molar-refractivity contribution in [2.24, 2.45) is 5.92 Å². The lowest BCUT2D eigenvalue weighted by Crippen LogP contribution is -2.50. The van der Waals surface area contributed by atoms with Crippen LogP contribution in [0.15, 0.2) is 48.7 Å². The van der Waals surface area contributed by atoms with Crippen LogP contribution in [0.25, 0.3) is 0 Å². The van der Waals surface area contributed by atoms with E-state index < -0.39 is 0 Å². The third-order valence-corrected chi connectivity index (χ3v) is 7.62. The van der Waals surface area contributed by atoms with E-state index in [4.69, 9.17) is 4.98 Å². The highest BCUT2D eigenvalue weighted by Gasteiger charge is 2.54. The van der Waals surface area contributed by atoms with Gasteiger partial charge in [-0.05, 0) is 36.5 Å². The van der Waals surface area contributed by atoms with Crippen LogP contribution in [0.5, 0.6) is 0 Å². The summed E-state index contributed by atoms with van der Waals surface area (Å²) in [5.41, 5.74) is 2.01. The average Bonchev–Trinajstić information content (AvgIpc) is 3.53. The van der Waals surface area contributed by atoms with E-state index >= 15 is 0 Å². The summed E-state index contributed by atoms with van der Waals surface area (Å²) in [5.74, 6) is 1.91. The molecule has 0 N–H and O–H groups in total. The highest BCUT2D eigenvalue weighted by atomic mass is 16.2. The molecule has 1 aliphatic carbocycles. The van der Waals surface area contributed by atoms with E-state index in [0.29, 0.717) is 5.92 Å². The van der Waals surface area contributed by atoms with Crippen molar-refractivity contribution in [1.82, 2.24) is 14.8 Å². The van der Waals surface area contributed by atoms with E-state index in [-0.39, 0.29) is 23.1 Å². The van der Waals surface area contributed by atoms with E-state index in [9.17, 15) is 9.59 Å². The molecule has 2 saturated heterocycles. The van der Waals surface area contributed by atoms with Gasteiger partial charge in [-0.25, -0.2) is 4.98 Å². The summed E-state index contributed by atoms with van der Waals surface area (Å²) < 4.78 is 0. The number of benzene rings is 1. The number of rotatable bonds is 5. The monoisotopic (exact) mass is 446 g/mol. The molecule has 2 aliphatic heterocycles. The van der Waals surface area contributed by atoms with Gasteiger partial charge in [0.15, 0.2) is 0 Å². The zero-order chi connectivity index (χ0) is 23.0. The van der Waals surface area contributed by atoms with Crippen LogP contribution in [0.4, 0.5) is 5.82 Å². The third-order valence-electron chi connectivity index (χ3n) is 7.62. The van der Waals surface area contributed by atoms with Crippen LogP contribution in [0, 0.1) is 5.92 Å². The molecule has 1 aromatic heterocycles. The van der Waals surface area contributed by atoms with Gasteiger partial charge in [-0.2, -0.15) is 0 Å². The van der Waals surface area contributed by atoms with E-state index in [1.165, 1.54) is 5.56 Å². The lowest BCUT2D eigenvalue weighted by molar-refractivity contribution is -0.135. The van der Waals surface area contributed by atoms with Crippen molar-refractivity contribution < 1.29 is 9.59 Å². The van der Waals surface area contributed by atoms with Crippen LogP contribution in [0.3, 0.4) is 0 Å². The Morgan fingerprint density at radius 3 is 2.27 bits per heavy atom. The molecule has 1 aromatic carbocycles. The Balaban J connectivity index is 1.21. The number of carbonyl (C=O) groups is 2. The van der Waals surface area contributed by atoms with Gasteiger partial charge >= 0.3 is 0 Å². The third kappa shape index (κ3) is 4.23. The summed E-state index contributed by atoms with van der Waals surface area (Å²) in [4.78, 5) is 36.7. The molecular weight excluding hydrogens is 412 g/mol. The summed E-state index contributed by atoms with van der Waals surface area (Å²) in [6.07, 6.45) is 4.77. The van der Waals surface area contributed by atoms with Crippen molar-refractivity contribution in [3.63, 3.8) is 0 Å². The number of aromatic nitrogens is 1. The summed E-state index contributed by atoms with van der Waals surface area (Å²) in [5, 5.41) is 0. The fourth-order valence-corrected chi connectivity index (χ4v) is 5.37. The first-order chi connectivity index (χ1) is 16.0. The molecular formula is C27H34N4O2. The van der Waals surface area contributed by atoms with Gasteiger partial charge < -0.3 is 14.7 Å². The lowest BCUT2D eigenvalue weighted by Gasteiger charge is -2.36. The molecule has 5 rings (SSSR count). The molecule has 6 heteroatoms. The number of nitrogens with zero attached hydrogens (tertiary/aromatic N) is 4. The van der Waals surface area contributed by atoms with E-state index in [0.717, 1.165) is 69.9 Å². The largest absolute Gasteiger partial charge is 0.353 e. The first-order valence-electron chi connectivity index (χ1n) is 12.3. The second-order valence-electron chi connectivity index (χ2n) is 10.1. The SMILES string of the molecule is CC(C)C(=O)N1CCN(c2ccc(C3(C(=O)N4CCC(c5ccccc5)C4)CC3)cn2)CC1. The first kappa shape index (κ1) is 21.9. The second-order valence-corrected chi connectivity index (χ2v) is 10.1. The van der Waals surface area contributed by atoms with Gasteiger partial charge in [-0.15, -0.1) is 0 Å². The molecule has 6 nitrogen and oxygen atoms in total. The lowest BCUT2D eigenvalue weighted by atomic mass is 9.95. The second kappa shape index (κ2) is 8.81. The number of piperazine rings is 1. The molecule has 1 saturated carbocycles. The minimum atomic E-state index is -0.376. The zero-order valence-corrected chi connectivity index (χ0v) is 19.7. The van der Waals surface area contributed by atoms with Crippen molar-refractivity contribution >= 4 is 17.6 Å². The number of amides is 2. The fourth-order valence-electron chi connectivity index (χ4n) is 5.37. The van der Waals surface area contributed by atoms with Crippen LogP contribution in [-0.2, 0) is 15.0 Å². The van der Waals surface area contributed by atoms with Crippen molar-refractivity contribution in [2.75, 3.05) is 44.2 Å². The standard InChI is InChI=1S/C27H34N4O2/c1-20(2)25(32)30-16-14-29(15-17-30)24-9-8-23(18-28-24)27(11-12-27)26(33)31-13-10-22(19-31)21-6-4-3-5-7-21/h3-9,18,20,22H,10-17,19H2,1-2H3. The van der Waals surface area contributed by atoms with Crippen LogP contribution in [-0.4, -0.2) is 65.9 Å². The smallest absolute Gasteiger partial charge is 0.233 e. The Morgan fingerprint density at radius 1 is 0.939 bits per heavy atom. The summed E-state index contributed by atoms with van der Waals surface area (Å²) in [7, 11) is 0. The average molecular weight is 447 g/mol. The Morgan fingerprint density at radius 2 is 1.67 bits per heavy atom. The quantitative estimate of drug-likeness (QED) is 0.706. The van der Waals surface area contributed by atoms with Gasteiger partial charge in [0.25, 0.3) is 0 Å².